The monoisotopic (exact) mass is 911 g/mol. The van der Waals surface area contributed by atoms with Crippen molar-refractivity contribution in [3.05, 3.63) is 121 Å². The molecular formula is C51H69F3N10O2. The highest BCUT2D eigenvalue weighted by atomic mass is 19.4. The van der Waals surface area contributed by atoms with Crippen molar-refractivity contribution in [2.24, 2.45) is 0 Å². The SMILES string of the molecule is O=C(NCCCCN1CCN(c2cccc(C(F)(F)F)c2)CC1)N1CCN(c2ccccc2)CC1.O=C(NCCCCN1CCN(c2ccccc2)CC1)N1CCN(c2ccccc2)CC1. The standard InChI is InChI=1S/C26H34F3N5O.C25H35N5O/c27-26(28,29)22-7-6-10-24(21-22)33-15-13-31(14-16-33)12-5-4-11-30-25(35)34-19-17-32(18-20-34)23-8-2-1-3-9-23;31-25(30-21-19-29(20-22-30)24-11-5-2-6-12-24)26-13-7-8-14-27-15-17-28(18-16-27)23-9-3-1-4-10-23/h1-3,6-10,21H,4-5,11-20H2,(H,30,35);1-6,9-12H,7-8,13-22H2,(H,26,31). The number of carbonyl (C=O) groups excluding carboxylic acids is 2. The summed E-state index contributed by atoms with van der Waals surface area (Å²) in [5.41, 5.74) is 3.80. The molecular weight excluding hydrogens is 842 g/mol. The van der Waals surface area contributed by atoms with E-state index in [1.54, 1.807) is 6.07 Å². The van der Waals surface area contributed by atoms with Gasteiger partial charge in [0.25, 0.3) is 0 Å². The number of piperazine rings is 4. The zero-order valence-electron chi connectivity index (χ0n) is 38.5. The van der Waals surface area contributed by atoms with Gasteiger partial charge in [-0.3, -0.25) is 9.80 Å². The van der Waals surface area contributed by atoms with Gasteiger partial charge in [-0.15, -0.1) is 0 Å². The highest BCUT2D eigenvalue weighted by Gasteiger charge is 2.31. The molecule has 4 heterocycles. The minimum absolute atomic E-state index is 0.00686. The molecule has 0 atom stereocenters. The van der Waals surface area contributed by atoms with E-state index in [9.17, 15) is 22.8 Å². The molecule has 0 saturated carbocycles. The number of nitrogens with zero attached hydrogens (tertiary/aromatic N) is 8. The smallest absolute Gasteiger partial charge is 0.369 e. The Morgan fingerprint density at radius 3 is 1.11 bits per heavy atom. The molecule has 0 spiro atoms. The maximum absolute atomic E-state index is 13.0. The van der Waals surface area contributed by atoms with Crippen molar-refractivity contribution in [2.45, 2.75) is 31.9 Å². The summed E-state index contributed by atoms with van der Waals surface area (Å²) >= 11 is 0. The lowest BCUT2D eigenvalue weighted by molar-refractivity contribution is -0.137. The Kier molecular flexibility index (Phi) is 18.1. The van der Waals surface area contributed by atoms with Gasteiger partial charge in [-0.1, -0.05) is 60.7 Å². The van der Waals surface area contributed by atoms with Crippen LogP contribution < -0.4 is 30.2 Å². The average molecular weight is 911 g/mol. The van der Waals surface area contributed by atoms with Crippen LogP contribution in [0.1, 0.15) is 31.2 Å². The number of amides is 4. The maximum atomic E-state index is 13.0. The summed E-state index contributed by atoms with van der Waals surface area (Å²) in [5.74, 6) is 0. The summed E-state index contributed by atoms with van der Waals surface area (Å²) in [6.07, 6.45) is -0.263. The third-order valence-electron chi connectivity index (χ3n) is 13.1. The zero-order chi connectivity index (χ0) is 46.0. The lowest BCUT2D eigenvalue weighted by Gasteiger charge is -2.36. The van der Waals surface area contributed by atoms with Crippen LogP contribution in [-0.4, -0.2) is 163 Å². The zero-order valence-corrected chi connectivity index (χ0v) is 38.5. The van der Waals surface area contributed by atoms with Gasteiger partial charge in [-0.2, -0.15) is 13.2 Å². The first-order chi connectivity index (χ1) is 32.2. The molecule has 0 aromatic heterocycles. The molecule has 356 valence electrons. The normalized spacial score (nSPS) is 17.6. The topological polar surface area (TPSA) is 84.1 Å². The van der Waals surface area contributed by atoms with E-state index in [2.05, 4.69) is 102 Å². The van der Waals surface area contributed by atoms with E-state index < -0.39 is 11.7 Å². The third kappa shape index (κ3) is 14.7. The van der Waals surface area contributed by atoms with Gasteiger partial charge in [0.1, 0.15) is 0 Å². The molecule has 4 fully saturated rings. The lowest BCUT2D eigenvalue weighted by atomic mass is 10.1. The van der Waals surface area contributed by atoms with Gasteiger partial charge >= 0.3 is 18.2 Å². The Balaban J connectivity index is 0.000000198. The van der Waals surface area contributed by atoms with Gasteiger partial charge in [0, 0.05) is 141 Å². The van der Waals surface area contributed by atoms with E-state index in [0.29, 0.717) is 25.3 Å². The molecule has 4 aromatic rings. The number of urea groups is 2. The quantitative estimate of drug-likeness (QED) is 0.128. The van der Waals surface area contributed by atoms with Crippen LogP contribution in [0.2, 0.25) is 0 Å². The van der Waals surface area contributed by atoms with Crippen LogP contribution in [0.3, 0.4) is 0 Å². The molecule has 4 amide bonds. The van der Waals surface area contributed by atoms with Crippen molar-refractivity contribution >= 4 is 34.8 Å². The molecule has 12 nitrogen and oxygen atoms in total. The Morgan fingerprint density at radius 2 is 0.742 bits per heavy atom. The summed E-state index contributed by atoms with van der Waals surface area (Å²) in [6, 6.07) is 37.1. The van der Waals surface area contributed by atoms with Crippen molar-refractivity contribution in [2.75, 3.05) is 150 Å². The summed E-state index contributed by atoms with van der Waals surface area (Å²) in [7, 11) is 0. The van der Waals surface area contributed by atoms with E-state index in [4.69, 9.17) is 0 Å². The second-order valence-electron chi connectivity index (χ2n) is 17.5. The maximum Gasteiger partial charge on any atom is 0.416 e. The number of hydrogen-bond acceptors (Lipinski definition) is 8. The number of rotatable bonds is 14. The van der Waals surface area contributed by atoms with Gasteiger partial charge in [0.15, 0.2) is 0 Å². The van der Waals surface area contributed by atoms with Crippen LogP contribution in [0.25, 0.3) is 0 Å². The number of benzene rings is 4. The fourth-order valence-electron chi connectivity index (χ4n) is 9.13. The number of carbonyl (C=O) groups is 2. The Labute approximate surface area is 389 Å². The molecule has 0 bridgehead atoms. The first-order valence-corrected chi connectivity index (χ1v) is 24.0. The summed E-state index contributed by atoms with van der Waals surface area (Å²) in [5, 5.41) is 6.16. The van der Waals surface area contributed by atoms with E-state index in [0.717, 1.165) is 143 Å². The lowest BCUT2D eigenvalue weighted by Crippen LogP contribution is -2.52. The van der Waals surface area contributed by atoms with E-state index in [-0.39, 0.29) is 12.1 Å². The van der Waals surface area contributed by atoms with Crippen molar-refractivity contribution < 1.29 is 22.8 Å². The molecule has 0 unspecified atom stereocenters. The number of unbranched alkanes of at least 4 members (excludes halogenated alkanes) is 2. The van der Waals surface area contributed by atoms with Crippen molar-refractivity contribution in [3.8, 4) is 0 Å². The van der Waals surface area contributed by atoms with Crippen LogP contribution in [0.4, 0.5) is 45.5 Å². The summed E-state index contributed by atoms with van der Waals surface area (Å²) in [4.78, 5) is 42.8. The number of anilines is 4. The molecule has 4 saturated heterocycles. The molecule has 4 aliphatic heterocycles. The Hall–Kier alpha value is -5.67. The van der Waals surface area contributed by atoms with Crippen LogP contribution in [0.15, 0.2) is 115 Å². The predicted molar refractivity (Wildman–Crippen MR) is 261 cm³/mol. The van der Waals surface area contributed by atoms with E-state index in [1.165, 1.54) is 29.2 Å². The molecule has 8 rings (SSSR count). The number of halogens is 3. The first-order valence-electron chi connectivity index (χ1n) is 24.0. The summed E-state index contributed by atoms with van der Waals surface area (Å²) in [6.45, 7) is 17.5. The molecule has 0 aliphatic carbocycles. The van der Waals surface area contributed by atoms with Crippen molar-refractivity contribution in [3.63, 3.8) is 0 Å². The number of para-hydroxylation sites is 3. The largest absolute Gasteiger partial charge is 0.416 e. The third-order valence-corrected chi connectivity index (χ3v) is 13.1. The van der Waals surface area contributed by atoms with Gasteiger partial charge in [-0.25, -0.2) is 9.59 Å². The molecule has 66 heavy (non-hydrogen) atoms. The highest BCUT2D eigenvalue weighted by molar-refractivity contribution is 5.75. The minimum Gasteiger partial charge on any atom is -0.369 e. The van der Waals surface area contributed by atoms with Gasteiger partial charge in [0.2, 0.25) is 0 Å². The summed E-state index contributed by atoms with van der Waals surface area (Å²) < 4.78 is 38.9. The fourth-order valence-corrected chi connectivity index (χ4v) is 9.13. The van der Waals surface area contributed by atoms with Gasteiger partial charge < -0.3 is 40.0 Å². The number of nitrogens with one attached hydrogen (secondary N) is 2. The Morgan fingerprint density at radius 1 is 0.409 bits per heavy atom. The highest BCUT2D eigenvalue weighted by Crippen LogP contribution is 2.32. The van der Waals surface area contributed by atoms with Crippen LogP contribution in [0.5, 0.6) is 0 Å². The van der Waals surface area contributed by atoms with Crippen LogP contribution in [0, 0.1) is 0 Å². The minimum atomic E-state index is -4.32. The van der Waals surface area contributed by atoms with Crippen molar-refractivity contribution in [1.29, 1.82) is 0 Å². The van der Waals surface area contributed by atoms with Crippen molar-refractivity contribution in [1.82, 2.24) is 30.2 Å². The average Bonchev–Trinajstić information content (AvgIpc) is 3.37. The molecule has 4 aromatic carbocycles. The molecule has 4 aliphatic rings. The first kappa shape index (κ1) is 48.3. The van der Waals surface area contributed by atoms with Crippen LogP contribution in [-0.2, 0) is 6.18 Å². The second kappa shape index (κ2) is 24.7. The number of alkyl halides is 3. The van der Waals surface area contributed by atoms with E-state index >= 15 is 0 Å². The van der Waals surface area contributed by atoms with E-state index in [1.807, 2.05) is 39.0 Å². The molecule has 0 radical (unpaired) electrons. The van der Waals surface area contributed by atoms with Gasteiger partial charge in [-0.05, 0) is 93.4 Å². The van der Waals surface area contributed by atoms with Gasteiger partial charge in [0.05, 0.1) is 5.56 Å². The fraction of sp³-hybridized carbons (Fsp3) is 0.490. The van der Waals surface area contributed by atoms with Crippen LogP contribution >= 0.6 is 0 Å². The molecule has 2 N–H and O–H groups in total. The number of hydrogen-bond donors (Lipinski definition) is 2. The predicted octanol–water partition coefficient (Wildman–Crippen LogP) is 7.26. The Bertz CT molecular complexity index is 2020. The molecule has 15 heteroatoms. The second-order valence-corrected chi connectivity index (χ2v) is 17.5.